The van der Waals surface area contributed by atoms with Crippen LogP contribution < -0.4 is 0 Å². The third-order valence-corrected chi connectivity index (χ3v) is 4.34. The molecular weight excluding hydrogens is 244 g/mol. The van der Waals surface area contributed by atoms with E-state index in [-0.39, 0.29) is 17.6 Å². The Kier molecular flexibility index (Phi) is 3.39. The molecule has 0 spiro atoms. The third-order valence-electron chi connectivity index (χ3n) is 4.34. The van der Waals surface area contributed by atoms with Crippen molar-refractivity contribution >= 4 is 10.8 Å². The normalized spacial score (nSPS) is 22.8. The molecule has 0 aliphatic carbocycles. The molecule has 0 saturated carbocycles. The van der Waals surface area contributed by atoms with Gasteiger partial charge in [-0.1, -0.05) is 48.5 Å². The summed E-state index contributed by atoms with van der Waals surface area (Å²) < 4.78 is 6.23. The van der Waals surface area contributed by atoms with Crippen LogP contribution in [0.5, 0.6) is 0 Å². The number of hydrogen-bond donors (Lipinski definition) is 0. The number of hydrogen-bond acceptors (Lipinski definition) is 1. The lowest BCUT2D eigenvalue weighted by atomic mass is 9.88. The van der Waals surface area contributed by atoms with Crippen LogP contribution in [0.3, 0.4) is 0 Å². The van der Waals surface area contributed by atoms with Crippen molar-refractivity contribution in [2.45, 2.75) is 44.3 Å². The van der Waals surface area contributed by atoms with Crippen LogP contribution in [0.15, 0.2) is 55.1 Å². The molecule has 1 heterocycles. The van der Waals surface area contributed by atoms with Gasteiger partial charge in [0.2, 0.25) is 0 Å². The van der Waals surface area contributed by atoms with E-state index in [0.29, 0.717) is 0 Å². The van der Waals surface area contributed by atoms with E-state index in [9.17, 15) is 0 Å². The molecule has 2 atom stereocenters. The van der Waals surface area contributed by atoms with Crippen LogP contribution in [0, 0.1) is 0 Å². The van der Waals surface area contributed by atoms with Crippen LogP contribution in [0.1, 0.15) is 38.2 Å². The second-order valence-corrected chi connectivity index (χ2v) is 6.28. The monoisotopic (exact) mass is 266 g/mol. The second kappa shape index (κ2) is 5.06. The highest BCUT2D eigenvalue weighted by molar-refractivity contribution is 5.86. The van der Waals surface area contributed by atoms with Gasteiger partial charge < -0.3 is 4.74 Å². The summed E-state index contributed by atoms with van der Waals surface area (Å²) in [6, 6.07) is 15.1. The largest absolute Gasteiger partial charge is 0.371 e. The Morgan fingerprint density at radius 3 is 2.65 bits per heavy atom. The topological polar surface area (TPSA) is 9.23 Å². The van der Waals surface area contributed by atoms with Crippen molar-refractivity contribution in [3.8, 4) is 0 Å². The first kappa shape index (κ1) is 13.4. The van der Waals surface area contributed by atoms with Crippen LogP contribution in [-0.4, -0.2) is 11.7 Å². The summed E-state index contributed by atoms with van der Waals surface area (Å²) in [5.41, 5.74) is 1.33. The van der Waals surface area contributed by atoms with Crippen molar-refractivity contribution in [1.82, 2.24) is 0 Å². The molecule has 1 heteroatoms. The molecule has 1 fully saturated rings. The second-order valence-electron chi connectivity index (χ2n) is 6.28. The van der Waals surface area contributed by atoms with Crippen LogP contribution in [-0.2, 0) is 4.74 Å². The number of fused-ring (bicyclic) bond motifs is 1. The highest BCUT2D eigenvalue weighted by Crippen LogP contribution is 2.39. The van der Waals surface area contributed by atoms with Gasteiger partial charge in [0.15, 0.2) is 0 Å². The van der Waals surface area contributed by atoms with E-state index in [1.807, 2.05) is 6.08 Å². The third kappa shape index (κ3) is 2.38. The smallest absolute Gasteiger partial charge is 0.0686 e. The van der Waals surface area contributed by atoms with Crippen LogP contribution in [0.2, 0.25) is 0 Å². The fourth-order valence-corrected chi connectivity index (χ4v) is 3.29. The van der Waals surface area contributed by atoms with E-state index < -0.39 is 0 Å². The first-order valence-electron chi connectivity index (χ1n) is 7.39. The average molecular weight is 266 g/mol. The summed E-state index contributed by atoms with van der Waals surface area (Å²) in [4.78, 5) is 0. The average Bonchev–Trinajstić information content (AvgIpc) is 2.80. The van der Waals surface area contributed by atoms with Gasteiger partial charge in [0, 0.05) is 5.92 Å². The Labute approximate surface area is 121 Å². The Balaban J connectivity index is 2.02. The summed E-state index contributed by atoms with van der Waals surface area (Å²) in [6.07, 6.45) is 4.52. The van der Waals surface area contributed by atoms with E-state index in [4.69, 9.17) is 4.74 Å². The quantitative estimate of drug-likeness (QED) is 0.705. The van der Waals surface area contributed by atoms with Gasteiger partial charge in [-0.3, -0.25) is 0 Å². The van der Waals surface area contributed by atoms with Crippen LogP contribution in [0.4, 0.5) is 0 Å². The Morgan fingerprint density at radius 1 is 1.20 bits per heavy atom. The molecule has 2 aromatic carbocycles. The molecule has 0 unspecified atom stereocenters. The molecule has 20 heavy (non-hydrogen) atoms. The lowest BCUT2D eigenvalue weighted by Gasteiger charge is -2.25. The molecular formula is C19H22O. The van der Waals surface area contributed by atoms with E-state index in [0.717, 1.165) is 12.8 Å². The zero-order valence-electron chi connectivity index (χ0n) is 12.3. The Bertz CT molecular complexity index is 621. The summed E-state index contributed by atoms with van der Waals surface area (Å²) in [5, 5.41) is 2.60. The van der Waals surface area contributed by atoms with Gasteiger partial charge in [-0.05, 0) is 43.0 Å². The maximum Gasteiger partial charge on any atom is 0.0686 e. The lowest BCUT2D eigenvalue weighted by Crippen LogP contribution is -2.23. The molecule has 1 aliphatic heterocycles. The van der Waals surface area contributed by atoms with Crippen molar-refractivity contribution < 1.29 is 4.74 Å². The summed E-state index contributed by atoms with van der Waals surface area (Å²) >= 11 is 0. The maximum atomic E-state index is 6.23. The van der Waals surface area contributed by atoms with Crippen molar-refractivity contribution in [3.05, 3.63) is 60.7 Å². The SMILES string of the molecule is C=C[C@@H](c1cccc2ccccc12)[C@@H]1CCC(C)(C)O1. The highest BCUT2D eigenvalue weighted by atomic mass is 16.5. The molecule has 0 amide bonds. The first-order valence-corrected chi connectivity index (χ1v) is 7.39. The zero-order chi connectivity index (χ0) is 14.2. The predicted octanol–water partition coefficient (Wildman–Crippen LogP) is 5.07. The Morgan fingerprint density at radius 2 is 1.95 bits per heavy atom. The van der Waals surface area contributed by atoms with Crippen molar-refractivity contribution in [1.29, 1.82) is 0 Å². The van der Waals surface area contributed by atoms with E-state index in [1.165, 1.54) is 16.3 Å². The standard InChI is InChI=1S/C19H22O/c1-4-15(18-12-13-19(2,3)20-18)17-11-7-9-14-8-5-6-10-16(14)17/h4-11,15,18H,1,12-13H2,2-3H3/t15-,18-/m0/s1. The maximum absolute atomic E-state index is 6.23. The molecule has 1 saturated heterocycles. The van der Waals surface area contributed by atoms with Gasteiger partial charge in [-0.25, -0.2) is 0 Å². The van der Waals surface area contributed by atoms with Gasteiger partial charge in [-0.2, -0.15) is 0 Å². The molecule has 2 aromatic rings. The van der Waals surface area contributed by atoms with E-state index in [1.54, 1.807) is 0 Å². The lowest BCUT2D eigenvalue weighted by molar-refractivity contribution is -0.0204. The van der Waals surface area contributed by atoms with Gasteiger partial charge >= 0.3 is 0 Å². The number of rotatable bonds is 3. The summed E-state index contributed by atoms with van der Waals surface area (Å²) in [5.74, 6) is 0.267. The van der Waals surface area contributed by atoms with Crippen molar-refractivity contribution in [2.75, 3.05) is 0 Å². The molecule has 1 aliphatic rings. The molecule has 104 valence electrons. The van der Waals surface area contributed by atoms with Gasteiger partial charge in [0.25, 0.3) is 0 Å². The predicted molar refractivity (Wildman–Crippen MR) is 85.1 cm³/mol. The number of benzene rings is 2. The Hall–Kier alpha value is -1.60. The van der Waals surface area contributed by atoms with Gasteiger partial charge in [-0.15, -0.1) is 6.58 Å². The minimum Gasteiger partial charge on any atom is -0.371 e. The highest BCUT2D eigenvalue weighted by Gasteiger charge is 2.36. The van der Waals surface area contributed by atoms with Gasteiger partial charge in [0.05, 0.1) is 11.7 Å². The number of ether oxygens (including phenoxy) is 1. The fraction of sp³-hybridized carbons (Fsp3) is 0.368. The molecule has 0 N–H and O–H groups in total. The van der Waals surface area contributed by atoms with Gasteiger partial charge in [0.1, 0.15) is 0 Å². The van der Waals surface area contributed by atoms with Crippen LogP contribution in [0.25, 0.3) is 10.8 Å². The van der Waals surface area contributed by atoms with Crippen molar-refractivity contribution in [2.24, 2.45) is 0 Å². The molecule has 0 radical (unpaired) electrons. The first-order chi connectivity index (χ1) is 9.61. The zero-order valence-corrected chi connectivity index (χ0v) is 12.3. The molecule has 1 nitrogen and oxygen atoms in total. The molecule has 0 aromatic heterocycles. The van der Waals surface area contributed by atoms with E-state index >= 15 is 0 Å². The summed E-state index contributed by atoms with van der Waals surface area (Å²) in [6.45, 7) is 8.41. The molecule has 0 bridgehead atoms. The van der Waals surface area contributed by atoms with Crippen molar-refractivity contribution in [3.63, 3.8) is 0 Å². The minimum absolute atomic E-state index is 0.00346. The minimum atomic E-state index is -0.00346. The van der Waals surface area contributed by atoms with Crippen LogP contribution >= 0.6 is 0 Å². The molecule has 3 rings (SSSR count). The summed E-state index contributed by atoms with van der Waals surface area (Å²) in [7, 11) is 0. The fourth-order valence-electron chi connectivity index (χ4n) is 3.29. The van der Waals surface area contributed by atoms with E-state index in [2.05, 4.69) is 62.9 Å².